The lowest BCUT2D eigenvalue weighted by molar-refractivity contribution is 0.0368. The fourth-order valence-electron chi connectivity index (χ4n) is 2.19. The average molecular weight is 313 g/mol. The molecule has 0 aromatic heterocycles. The minimum atomic E-state index is -3.35. The zero-order chi connectivity index (χ0) is 16.3. The van der Waals surface area contributed by atoms with Crippen molar-refractivity contribution in [3.8, 4) is 0 Å². The van der Waals surface area contributed by atoms with E-state index in [9.17, 15) is 18.3 Å². The molecule has 6 heteroatoms. The zero-order valence-electron chi connectivity index (χ0n) is 12.9. The van der Waals surface area contributed by atoms with Gasteiger partial charge in [-0.25, -0.2) is 8.42 Å². The van der Waals surface area contributed by atoms with Crippen LogP contribution in [0.25, 0.3) is 0 Å². The maximum absolute atomic E-state index is 12.0. The number of sulfone groups is 1. The molecule has 0 heterocycles. The van der Waals surface area contributed by atoms with Gasteiger partial charge in [-0.1, -0.05) is 19.9 Å². The van der Waals surface area contributed by atoms with Gasteiger partial charge in [0, 0.05) is 18.4 Å². The molecule has 0 radical (unpaired) electrons. The Morgan fingerprint density at radius 2 is 2.00 bits per heavy atom. The van der Waals surface area contributed by atoms with Gasteiger partial charge in [-0.05, 0) is 37.5 Å². The van der Waals surface area contributed by atoms with Gasteiger partial charge in [0.1, 0.15) is 0 Å². The predicted molar refractivity (Wildman–Crippen MR) is 82.0 cm³/mol. The molecule has 0 aliphatic rings. The van der Waals surface area contributed by atoms with E-state index in [2.05, 4.69) is 5.32 Å². The van der Waals surface area contributed by atoms with Crippen LogP contribution in [0.3, 0.4) is 0 Å². The second-order valence-corrected chi connectivity index (χ2v) is 8.09. The molecule has 0 fully saturated rings. The Balaban J connectivity index is 2.77. The van der Waals surface area contributed by atoms with Crippen LogP contribution in [0.4, 0.5) is 0 Å². The van der Waals surface area contributed by atoms with E-state index >= 15 is 0 Å². The summed E-state index contributed by atoms with van der Waals surface area (Å²) in [5.74, 6) is -0.0880. The molecule has 5 nitrogen and oxygen atoms in total. The van der Waals surface area contributed by atoms with Crippen molar-refractivity contribution in [2.75, 3.05) is 12.8 Å². The summed E-state index contributed by atoms with van der Waals surface area (Å²) in [6.07, 6.45) is 1.66. The van der Waals surface area contributed by atoms with E-state index in [1.54, 1.807) is 13.0 Å². The summed E-state index contributed by atoms with van der Waals surface area (Å²) in [6, 6.07) is 5.85. The summed E-state index contributed by atoms with van der Waals surface area (Å²) in [6.45, 7) is 5.77. The highest BCUT2D eigenvalue weighted by atomic mass is 32.2. The summed E-state index contributed by atoms with van der Waals surface area (Å²) in [7, 11) is -3.35. The summed E-state index contributed by atoms with van der Waals surface area (Å²) in [4.78, 5) is 12.1. The van der Waals surface area contributed by atoms with Gasteiger partial charge in [-0.15, -0.1) is 0 Å². The molecule has 118 valence electrons. The maximum Gasteiger partial charge on any atom is 0.251 e. The van der Waals surface area contributed by atoms with Crippen LogP contribution in [0.5, 0.6) is 0 Å². The first kappa shape index (κ1) is 17.7. The lowest BCUT2D eigenvalue weighted by atomic mass is 9.94. The maximum atomic E-state index is 12.0. The van der Waals surface area contributed by atoms with Crippen LogP contribution in [0, 0.1) is 5.92 Å². The largest absolute Gasteiger partial charge is 0.388 e. The third-order valence-electron chi connectivity index (χ3n) is 3.00. The number of carbonyl (C=O) groups excluding carboxylic acids is 1. The quantitative estimate of drug-likeness (QED) is 0.836. The standard InChI is InChI=1S/C15H23NO4S/c1-11(2)9-15(3,18)10-16-14(17)12-6-5-7-13(8-12)21(4,19)20/h5-8,11,18H,9-10H2,1-4H3,(H,16,17). The molecule has 1 amide bonds. The van der Waals surface area contributed by atoms with E-state index in [0.29, 0.717) is 12.3 Å². The number of amides is 1. The van der Waals surface area contributed by atoms with Crippen LogP contribution in [0.15, 0.2) is 29.2 Å². The number of aliphatic hydroxyl groups is 1. The van der Waals surface area contributed by atoms with E-state index in [1.807, 2.05) is 13.8 Å². The fraction of sp³-hybridized carbons (Fsp3) is 0.533. The van der Waals surface area contributed by atoms with Crippen molar-refractivity contribution in [2.45, 2.75) is 37.7 Å². The van der Waals surface area contributed by atoms with Crippen LogP contribution < -0.4 is 5.32 Å². The van der Waals surface area contributed by atoms with Crippen LogP contribution in [0.1, 0.15) is 37.6 Å². The van der Waals surface area contributed by atoms with Crippen LogP contribution in [-0.4, -0.2) is 37.8 Å². The minimum Gasteiger partial charge on any atom is -0.388 e. The predicted octanol–water partition coefficient (Wildman–Crippen LogP) is 1.62. The second-order valence-electron chi connectivity index (χ2n) is 6.08. The molecule has 0 saturated carbocycles. The molecular formula is C15H23NO4S. The average Bonchev–Trinajstić information content (AvgIpc) is 2.33. The SMILES string of the molecule is CC(C)CC(C)(O)CNC(=O)c1cccc(S(C)(=O)=O)c1. The van der Waals surface area contributed by atoms with Crippen LogP contribution in [-0.2, 0) is 9.84 Å². The van der Waals surface area contributed by atoms with Gasteiger partial charge in [0.05, 0.1) is 10.5 Å². The summed E-state index contributed by atoms with van der Waals surface area (Å²) < 4.78 is 22.9. The monoisotopic (exact) mass is 313 g/mol. The minimum absolute atomic E-state index is 0.101. The molecule has 0 bridgehead atoms. The Hall–Kier alpha value is -1.40. The van der Waals surface area contributed by atoms with Crippen molar-refractivity contribution in [1.82, 2.24) is 5.32 Å². The summed E-state index contributed by atoms with van der Waals surface area (Å²) in [5, 5.41) is 12.8. The number of rotatable bonds is 6. The molecule has 1 aromatic carbocycles. The van der Waals surface area contributed by atoms with Crippen molar-refractivity contribution >= 4 is 15.7 Å². The Morgan fingerprint density at radius 3 is 2.52 bits per heavy atom. The molecule has 1 unspecified atom stereocenters. The lowest BCUT2D eigenvalue weighted by Gasteiger charge is -2.25. The molecule has 0 saturated heterocycles. The molecular weight excluding hydrogens is 290 g/mol. The van der Waals surface area contributed by atoms with E-state index < -0.39 is 21.3 Å². The molecule has 0 aliphatic carbocycles. The molecule has 2 N–H and O–H groups in total. The molecule has 0 aliphatic heterocycles. The van der Waals surface area contributed by atoms with Crippen LogP contribution in [0.2, 0.25) is 0 Å². The summed E-state index contributed by atoms with van der Waals surface area (Å²) in [5.41, 5.74) is -0.726. The van der Waals surface area contributed by atoms with E-state index in [0.717, 1.165) is 6.26 Å². The highest BCUT2D eigenvalue weighted by Crippen LogP contribution is 2.16. The smallest absolute Gasteiger partial charge is 0.251 e. The van der Waals surface area contributed by atoms with Gasteiger partial charge in [-0.3, -0.25) is 4.79 Å². The van der Waals surface area contributed by atoms with Gasteiger partial charge in [0.25, 0.3) is 5.91 Å². The van der Waals surface area contributed by atoms with E-state index in [-0.39, 0.29) is 17.0 Å². The van der Waals surface area contributed by atoms with Gasteiger partial charge < -0.3 is 10.4 Å². The molecule has 1 atom stereocenters. The first-order valence-electron chi connectivity index (χ1n) is 6.82. The van der Waals surface area contributed by atoms with Crippen molar-refractivity contribution < 1.29 is 18.3 Å². The second kappa shape index (κ2) is 6.58. The van der Waals surface area contributed by atoms with Crippen molar-refractivity contribution in [2.24, 2.45) is 5.92 Å². The number of hydrogen-bond acceptors (Lipinski definition) is 4. The van der Waals surface area contributed by atoms with Crippen molar-refractivity contribution in [1.29, 1.82) is 0 Å². The van der Waals surface area contributed by atoms with Crippen molar-refractivity contribution in [3.63, 3.8) is 0 Å². The Labute approximate surface area is 126 Å². The molecule has 0 spiro atoms. The fourth-order valence-corrected chi connectivity index (χ4v) is 2.86. The van der Waals surface area contributed by atoms with Gasteiger partial charge in [0.15, 0.2) is 9.84 Å². The highest BCUT2D eigenvalue weighted by molar-refractivity contribution is 7.90. The lowest BCUT2D eigenvalue weighted by Crippen LogP contribution is -2.41. The number of carbonyl (C=O) groups is 1. The molecule has 21 heavy (non-hydrogen) atoms. The highest BCUT2D eigenvalue weighted by Gasteiger charge is 2.23. The first-order chi connectivity index (χ1) is 9.51. The Kier molecular flexibility index (Phi) is 5.53. The van der Waals surface area contributed by atoms with Gasteiger partial charge in [-0.2, -0.15) is 0 Å². The molecule has 1 aromatic rings. The molecule has 1 rings (SSSR count). The van der Waals surface area contributed by atoms with E-state index in [4.69, 9.17) is 0 Å². The number of benzene rings is 1. The normalized spacial score (nSPS) is 14.8. The third-order valence-corrected chi connectivity index (χ3v) is 4.11. The summed E-state index contributed by atoms with van der Waals surface area (Å²) >= 11 is 0. The van der Waals surface area contributed by atoms with E-state index in [1.165, 1.54) is 18.2 Å². The van der Waals surface area contributed by atoms with Crippen molar-refractivity contribution in [3.05, 3.63) is 29.8 Å². The zero-order valence-corrected chi connectivity index (χ0v) is 13.7. The number of hydrogen-bond donors (Lipinski definition) is 2. The van der Waals surface area contributed by atoms with Gasteiger partial charge in [0.2, 0.25) is 0 Å². The Morgan fingerprint density at radius 1 is 1.38 bits per heavy atom. The van der Waals surface area contributed by atoms with Gasteiger partial charge >= 0.3 is 0 Å². The first-order valence-corrected chi connectivity index (χ1v) is 8.71. The van der Waals surface area contributed by atoms with Crippen LogP contribution >= 0.6 is 0 Å². The third kappa shape index (κ3) is 5.85. The Bertz CT molecular complexity index is 606. The topological polar surface area (TPSA) is 83.5 Å². The number of nitrogens with one attached hydrogen (secondary N) is 1.